The molecule has 0 N–H and O–H groups in total. The highest BCUT2D eigenvalue weighted by Crippen LogP contribution is 2.35. The van der Waals surface area contributed by atoms with Gasteiger partial charge in [0.1, 0.15) is 24.0 Å². The number of carbonyl (C=O) groups excluding carboxylic acids is 1. The van der Waals surface area contributed by atoms with Gasteiger partial charge in [0.05, 0.1) is 11.7 Å². The second-order valence-corrected chi connectivity index (χ2v) is 7.29. The second kappa shape index (κ2) is 8.04. The van der Waals surface area contributed by atoms with E-state index < -0.39 is 0 Å². The Kier molecular flexibility index (Phi) is 5.32. The van der Waals surface area contributed by atoms with E-state index in [0.717, 1.165) is 31.7 Å². The predicted molar refractivity (Wildman–Crippen MR) is 106 cm³/mol. The van der Waals surface area contributed by atoms with Gasteiger partial charge in [-0.05, 0) is 44.0 Å². The minimum Gasteiger partial charge on any atom is -0.489 e. The zero-order valence-electron chi connectivity index (χ0n) is 16.1. The van der Waals surface area contributed by atoms with E-state index in [-0.39, 0.29) is 17.9 Å². The predicted octanol–water partition coefficient (Wildman–Crippen LogP) is 3.53. The zero-order chi connectivity index (χ0) is 19.5. The maximum atomic E-state index is 13.5. The van der Waals surface area contributed by atoms with Crippen LogP contribution in [0.15, 0.2) is 42.6 Å². The average molecular weight is 384 g/mol. The van der Waals surface area contributed by atoms with Crippen LogP contribution in [0.25, 0.3) is 0 Å². The molecule has 1 aromatic carbocycles. The number of nitrogens with zero attached hydrogens (tertiary/aromatic N) is 4. The second-order valence-electron chi connectivity index (χ2n) is 7.29. The summed E-state index contributed by atoms with van der Waals surface area (Å²) < 4.78 is 19.2. The number of amides is 2. The molecule has 1 fully saturated rings. The molecule has 2 aliphatic heterocycles. The van der Waals surface area contributed by atoms with Gasteiger partial charge in [0.2, 0.25) is 0 Å². The number of ether oxygens (including phenoxy) is 1. The summed E-state index contributed by atoms with van der Waals surface area (Å²) in [7, 11) is 0. The number of pyridine rings is 1. The Hall–Kier alpha value is -2.83. The third-order valence-electron chi connectivity index (χ3n) is 5.26. The third kappa shape index (κ3) is 3.74. The molecule has 6 nitrogen and oxygen atoms in total. The summed E-state index contributed by atoms with van der Waals surface area (Å²) in [5, 5.41) is 0. The molecule has 2 aromatic rings. The summed E-state index contributed by atoms with van der Waals surface area (Å²) in [6.45, 7) is 5.41. The van der Waals surface area contributed by atoms with Crippen molar-refractivity contribution in [3.8, 4) is 5.75 Å². The summed E-state index contributed by atoms with van der Waals surface area (Å²) >= 11 is 0. The van der Waals surface area contributed by atoms with E-state index in [2.05, 4.69) is 9.88 Å². The number of rotatable bonds is 1. The van der Waals surface area contributed by atoms with Gasteiger partial charge in [0.25, 0.3) is 0 Å². The maximum Gasteiger partial charge on any atom is 0.324 e. The molecule has 3 heterocycles. The maximum absolute atomic E-state index is 13.5. The Balaban J connectivity index is 1.46. The number of benzene rings is 1. The van der Waals surface area contributed by atoms with E-state index in [1.165, 1.54) is 12.1 Å². The van der Waals surface area contributed by atoms with Gasteiger partial charge >= 0.3 is 6.03 Å². The van der Waals surface area contributed by atoms with Gasteiger partial charge in [-0.3, -0.25) is 4.90 Å². The molecular formula is C21H25FN4O2. The lowest BCUT2D eigenvalue weighted by Crippen LogP contribution is -2.52. The van der Waals surface area contributed by atoms with E-state index in [0.29, 0.717) is 31.1 Å². The van der Waals surface area contributed by atoms with Gasteiger partial charge in [-0.1, -0.05) is 6.07 Å². The van der Waals surface area contributed by atoms with Crippen LogP contribution in [0.2, 0.25) is 0 Å². The van der Waals surface area contributed by atoms with Crippen LogP contribution < -0.4 is 14.5 Å². The Morgan fingerprint density at radius 2 is 1.93 bits per heavy atom. The van der Waals surface area contributed by atoms with Crippen molar-refractivity contribution in [2.75, 3.05) is 42.6 Å². The standard InChI is InChI=1S/C21H25FN4O2/c1-16-15-28-19-14-17(22)7-8-18(19)26(16)21(27)25-12-4-10-24(11-5-13-25)20-6-2-3-9-23-20/h2-3,6-9,14,16H,4-5,10-13,15H2,1H3. The minimum atomic E-state index is -0.360. The Morgan fingerprint density at radius 1 is 1.14 bits per heavy atom. The first kappa shape index (κ1) is 18.5. The fourth-order valence-corrected chi connectivity index (χ4v) is 3.86. The summed E-state index contributed by atoms with van der Waals surface area (Å²) in [5.74, 6) is 1.06. The van der Waals surface area contributed by atoms with E-state index in [1.54, 1.807) is 11.0 Å². The smallest absolute Gasteiger partial charge is 0.324 e. The Labute approximate surface area is 164 Å². The third-order valence-corrected chi connectivity index (χ3v) is 5.26. The number of aromatic nitrogens is 1. The molecule has 0 aliphatic carbocycles. The van der Waals surface area contributed by atoms with Crippen molar-refractivity contribution >= 4 is 17.5 Å². The number of fused-ring (bicyclic) bond motifs is 1. The van der Waals surface area contributed by atoms with Gasteiger partial charge < -0.3 is 14.5 Å². The van der Waals surface area contributed by atoms with E-state index in [9.17, 15) is 9.18 Å². The van der Waals surface area contributed by atoms with Crippen molar-refractivity contribution in [1.82, 2.24) is 9.88 Å². The fourth-order valence-electron chi connectivity index (χ4n) is 3.86. The number of anilines is 2. The molecular weight excluding hydrogens is 359 g/mol. The number of hydrogen-bond acceptors (Lipinski definition) is 4. The SMILES string of the molecule is CC1COc2cc(F)ccc2N1C(=O)N1CCCN(c2ccccn2)CCC1. The molecule has 0 saturated carbocycles. The van der Waals surface area contributed by atoms with Crippen molar-refractivity contribution in [2.45, 2.75) is 25.8 Å². The Bertz CT molecular complexity index is 822. The Morgan fingerprint density at radius 3 is 2.64 bits per heavy atom. The summed E-state index contributed by atoms with van der Waals surface area (Å²) in [6.07, 6.45) is 3.55. The molecule has 1 aromatic heterocycles. The first-order chi connectivity index (χ1) is 13.6. The van der Waals surface area contributed by atoms with Gasteiger partial charge in [-0.25, -0.2) is 14.2 Å². The highest BCUT2D eigenvalue weighted by atomic mass is 19.1. The number of hydrogen-bond donors (Lipinski definition) is 0. The molecule has 0 bridgehead atoms. The van der Waals surface area contributed by atoms with Crippen molar-refractivity contribution in [3.05, 3.63) is 48.4 Å². The van der Waals surface area contributed by atoms with Crippen LogP contribution in [0.1, 0.15) is 19.8 Å². The van der Waals surface area contributed by atoms with Gasteiger partial charge in [-0.15, -0.1) is 0 Å². The van der Waals surface area contributed by atoms with Crippen LogP contribution in [0.4, 0.5) is 20.7 Å². The van der Waals surface area contributed by atoms with Gasteiger partial charge in [0, 0.05) is 38.4 Å². The molecule has 28 heavy (non-hydrogen) atoms. The number of carbonyl (C=O) groups is 1. The van der Waals surface area contributed by atoms with Crippen LogP contribution in [-0.2, 0) is 0 Å². The molecule has 1 unspecified atom stereocenters. The van der Waals surface area contributed by atoms with Crippen LogP contribution in [0.3, 0.4) is 0 Å². The van der Waals surface area contributed by atoms with Crippen molar-refractivity contribution in [2.24, 2.45) is 0 Å². The van der Waals surface area contributed by atoms with E-state index in [1.807, 2.05) is 36.2 Å². The lowest BCUT2D eigenvalue weighted by molar-refractivity contribution is 0.190. The van der Waals surface area contributed by atoms with Gasteiger partial charge in [-0.2, -0.15) is 0 Å². The van der Waals surface area contributed by atoms with Crippen molar-refractivity contribution < 1.29 is 13.9 Å². The van der Waals surface area contributed by atoms with Crippen LogP contribution in [0.5, 0.6) is 5.75 Å². The molecule has 148 valence electrons. The molecule has 4 rings (SSSR count). The zero-order valence-corrected chi connectivity index (χ0v) is 16.1. The quantitative estimate of drug-likeness (QED) is 0.755. The summed E-state index contributed by atoms with van der Waals surface area (Å²) in [5.41, 5.74) is 0.641. The molecule has 2 aliphatic rings. The van der Waals surface area contributed by atoms with Crippen molar-refractivity contribution in [1.29, 1.82) is 0 Å². The molecule has 1 saturated heterocycles. The molecule has 2 amide bonds. The molecule has 1 atom stereocenters. The summed E-state index contributed by atoms with van der Waals surface area (Å²) in [6, 6.07) is 10.2. The normalized spacial score (nSPS) is 20.1. The molecule has 0 radical (unpaired) electrons. The highest BCUT2D eigenvalue weighted by Gasteiger charge is 2.33. The average Bonchev–Trinajstić information content (AvgIpc) is 2.68. The van der Waals surface area contributed by atoms with Crippen LogP contribution in [-0.4, -0.2) is 54.7 Å². The first-order valence-electron chi connectivity index (χ1n) is 9.80. The van der Waals surface area contributed by atoms with Gasteiger partial charge in [0.15, 0.2) is 0 Å². The lowest BCUT2D eigenvalue weighted by Gasteiger charge is -2.39. The largest absolute Gasteiger partial charge is 0.489 e. The van der Waals surface area contributed by atoms with Crippen LogP contribution in [0, 0.1) is 5.82 Å². The first-order valence-corrected chi connectivity index (χ1v) is 9.80. The lowest BCUT2D eigenvalue weighted by atomic mass is 10.1. The molecule has 0 spiro atoms. The highest BCUT2D eigenvalue weighted by molar-refractivity contribution is 5.94. The van der Waals surface area contributed by atoms with E-state index >= 15 is 0 Å². The number of halogens is 1. The summed E-state index contributed by atoms with van der Waals surface area (Å²) in [4.78, 5) is 23.7. The van der Waals surface area contributed by atoms with Crippen LogP contribution >= 0.6 is 0 Å². The topological polar surface area (TPSA) is 48.9 Å². The fraction of sp³-hybridized carbons (Fsp3) is 0.429. The molecule has 7 heteroatoms. The minimum absolute atomic E-state index is 0.0325. The van der Waals surface area contributed by atoms with Crippen molar-refractivity contribution in [3.63, 3.8) is 0 Å². The number of urea groups is 1. The monoisotopic (exact) mass is 384 g/mol. The van der Waals surface area contributed by atoms with E-state index in [4.69, 9.17) is 4.74 Å².